The zero-order valence-corrected chi connectivity index (χ0v) is 35.4. The number of hydrogen-bond donors (Lipinski definition) is 3. The van der Waals surface area contributed by atoms with E-state index >= 15 is 0 Å². The zero-order chi connectivity index (χ0) is 38.9. The van der Waals surface area contributed by atoms with Gasteiger partial charge < -0.3 is 19.5 Å². The SMILES string of the molecule is CC(F)(F)C(=O)O.Cc1ccc(S(=O)(=O)O)cc1.O=C(OC1C2CC3C1OS(=O)(=O)C3C2)C(F)(F)S(=O)(=O)[O-].O=S1(=O)OC2C(O)C3CC2C1C3.[Na+].[Na+]. The Morgan fingerprint density at radius 2 is 1.26 bits per heavy atom. The number of halogens is 4. The number of aliphatic hydroxyl groups is 1. The van der Waals surface area contributed by atoms with Crippen molar-refractivity contribution in [2.75, 3.05) is 0 Å². The van der Waals surface area contributed by atoms with Crippen molar-refractivity contribution >= 4 is 52.4 Å². The van der Waals surface area contributed by atoms with Gasteiger partial charge in [-0.1, -0.05) is 17.7 Å². The molecule has 7 rings (SSSR count). The Hall–Kier alpha value is -0.520. The Kier molecular flexibility index (Phi) is 15.4. The number of carbonyl (C=O) groups is 2. The van der Waals surface area contributed by atoms with Crippen molar-refractivity contribution in [3.63, 3.8) is 0 Å². The minimum absolute atomic E-state index is 0. The van der Waals surface area contributed by atoms with Crippen LogP contribution in [-0.2, 0) is 63.2 Å². The number of carbonyl (C=O) groups excluding carboxylic acids is 1. The third kappa shape index (κ3) is 10.3. The number of fused-ring (bicyclic) bond motifs is 2. The molecular weight excluding hydrogens is 835 g/mol. The maximum atomic E-state index is 13.1. The summed E-state index contributed by atoms with van der Waals surface area (Å²) in [7, 11) is -17.4. The van der Waals surface area contributed by atoms with Gasteiger partial charge in [0.05, 0.1) is 21.5 Å². The van der Waals surface area contributed by atoms with E-state index in [2.05, 4.69) is 4.74 Å². The van der Waals surface area contributed by atoms with Crippen LogP contribution in [0.15, 0.2) is 29.2 Å². The summed E-state index contributed by atoms with van der Waals surface area (Å²) in [5.74, 6) is -8.89. The van der Waals surface area contributed by atoms with E-state index in [1.54, 1.807) is 12.1 Å². The van der Waals surface area contributed by atoms with Crippen molar-refractivity contribution in [2.45, 2.75) is 90.5 Å². The predicted molar refractivity (Wildman–Crippen MR) is 157 cm³/mol. The fourth-order valence-electron chi connectivity index (χ4n) is 6.95. The van der Waals surface area contributed by atoms with Crippen molar-refractivity contribution in [1.82, 2.24) is 0 Å². The largest absolute Gasteiger partial charge is 1.00 e. The first kappa shape index (κ1) is 48.6. The van der Waals surface area contributed by atoms with Gasteiger partial charge in [0.1, 0.15) is 18.3 Å². The summed E-state index contributed by atoms with van der Waals surface area (Å²) in [6.45, 7) is 2.17. The number of alkyl halides is 4. The summed E-state index contributed by atoms with van der Waals surface area (Å²) < 4.78 is 169. The summed E-state index contributed by atoms with van der Waals surface area (Å²) in [6.07, 6.45) is -1.49. The molecule has 27 heteroatoms. The van der Waals surface area contributed by atoms with Crippen LogP contribution in [0, 0.1) is 30.6 Å². The Balaban J connectivity index is 0.000000261. The summed E-state index contributed by atoms with van der Waals surface area (Å²) in [5.41, 5.74) is 0.956. The van der Waals surface area contributed by atoms with Crippen molar-refractivity contribution < 1.29 is 152 Å². The monoisotopic (exact) mass is 865 g/mol. The quantitative estimate of drug-likeness (QED) is 0.0819. The molecule has 6 fully saturated rings. The van der Waals surface area contributed by atoms with Gasteiger partial charge in [0.2, 0.25) is 0 Å². The number of aryl methyl sites for hydroxylation is 1. The number of aliphatic hydroxyl groups excluding tert-OH is 1. The van der Waals surface area contributed by atoms with E-state index in [4.69, 9.17) is 18.0 Å². The molecule has 0 spiro atoms. The Morgan fingerprint density at radius 3 is 1.66 bits per heavy atom. The molecular formula is C26H31F4Na2O17S4+. The fourth-order valence-corrected chi connectivity index (χ4v) is 11.5. The Morgan fingerprint density at radius 1 is 0.849 bits per heavy atom. The Bertz CT molecular complexity index is 1980. The molecule has 4 saturated carbocycles. The van der Waals surface area contributed by atoms with Crippen LogP contribution >= 0.6 is 0 Å². The molecule has 10 atom stereocenters. The van der Waals surface area contributed by atoms with E-state index in [1.807, 2.05) is 6.92 Å². The third-order valence-electron chi connectivity index (χ3n) is 9.35. The molecule has 1 aromatic carbocycles. The maximum Gasteiger partial charge on any atom is 1.00 e. The van der Waals surface area contributed by atoms with Crippen LogP contribution in [-0.4, -0.2) is 111 Å². The van der Waals surface area contributed by atoms with E-state index < -0.39 is 105 Å². The molecule has 2 heterocycles. The van der Waals surface area contributed by atoms with Gasteiger partial charge in [-0.05, 0) is 50.7 Å². The molecule has 4 aliphatic carbocycles. The van der Waals surface area contributed by atoms with Crippen LogP contribution in [0.4, 0.5) is 17.6 Å². The molecule has 2 aliphatic heterocycles. The van der Waals surface area contributed by atoms with E-state index in [1.165, 1.54) is 12.1 Å². The van der Waals surface area contributed by atoms with E-state index in [0.717, 1.165) is 12.0 Å². The average Bonchev–Trinajstić information content (AvgIpc) is 3.78. The third-order valence-corrected chi connectivity index (χ3v) is 14.6. The predicted octanol–water partition coefficient (Wildman–Crippen LogP) is -5.37. The molecule has 53 heavy (non-hydrogen) atoms. The van der Waals surface area contributed by atoms with Gasteiger partial charge in [0.25, 0.3) is 30.4 Å². The summed E-state index contributed by atoms with van der Waals surface area (Å²) in [5, 5.41) is 10.8. The molecule has 2 saturated heterocycles. The second kappa shape index (κ2) is 16.8. The van der Waals surface area contributed by atoms with Crippen LogP contribution < -0.4 is 59.1 Å². The minimum Gasteiger partial charge on any atom is -0.743 e. The first-order valence-electron chi connectivity index (χ1n) is 14.7. The molecule has 0 aromatic heterocycles. The van der Waals surface area contributed by atoms with Crippen molar-refractivity contribution in [3.8, 4) is 0 Å². The molecule has 3 N–H and O–H groups in total. The molecule has 10 unspecified atom stereocenters. The maximum absolute atomic E-state index is 13.1. The average molecular weight is 866 g/mol. The smallest absolute Gasteiger partial charge is 0.743 e. The van der Waals surface area contributed by atoms with E-state index in [9.17, 15) is 70.5 Å². The number of carboxylic acids is 1. The topological polar surface area (TPSA) is 282 Å². The van der Waals surface area contributed by atoms with Gasteiger partial charge >= 0.3 is 82.2 Å². The molecule has 6 aliphatic rings. The van der Waals surface area contributed by atoms with Gasteiger partial charge in [-0.15, -0.1) is 0 Å². The second-order valence-corrected chi connectivity index (χ2v) is 19.2. The van der Waals surface area contributed by atoms with Crippen LogP contribution in [0.2, 0.25) is 0 Å². The fraction of sp³-hybridized carbons (Fsp3) is 0.692. The molecule has 4 bridgehead atoms. The molecule has 0 amide bonds. The van der Waals surface area contributed by atoms with Crippen molar-refractivity contribution in [1.29, 1.82) is 0 Å². The number of ether oxygens (including phenoxy) is 1. The van der Waals surface area contributed by atoms with Crippen molar-refractivity contribution in [2.24, 2.45) is 23.7 Å². The zero-order valence-electron chi connectivity index (χ0n) is 28.1. The van der Waals surface area contributed by atoms with Gasteiger partial charge in [-0.2, -0.15) is 42.8 Å². The van der Waals surface area contributed by atoms with Crippen LogP contribution in [0.3, 0.4) is 0 Å². The van der Waals surface area contributed by atoms with Gasteiger partial charge in [-0.25, -0.2) is 18.0 Å². The van der Waals surface area contributed by atoms with Crippen molar-refractivity contribution in [3.05, 3.63) is 29.8 Å². The molecule has 17 nitrogen and oxygen atoms in total. The number of hydrogen-bond acceptors (Lipinski definition) is 15. The molecule has 290 valence electrons. The number of rotatable bonds is 5. The summed E-state index contributed by atoms with van der Waals surface area (Å²) in [4.78, 5) is 20.4. The van der Waals surface area contributed by atoms with Gasteiger partial charge in [0, 0.05) is 24.7 Å². The van der Waals surface area contributed by atoms with Crippen LogP contribution in [0.25, 0.3) is 0 Å². The van der Waals surface area contributed by atoms with E-state index in [0.29, 0.717) is 19.8 Å². The summed E-state index contributed by atoms with van der Waals surface area (Å²) >= 11 is 0. The normalized spacial score (nSPS) is 33.4. The Labute approximate surface area is 345 Å². The van der Waals surface area contributed by atoms with Gasteiger partial charge in [0.15, 0.2) is 10.1 Å². The minimum atomic E-state index is -6.21. The number of aliphatic carboxylic acids is 1. The number of benzene rings is 1. The molecule has 0 radical (unpaired) electrons. The van der Waals surface area contributed by atoms with Crippen LogP contribution in [0.1, 0.15) is 38.2 Å². The number of esters is 1. The number of carboxylic acid groups (broad SMARTS) is 1. The van der Waals surface area contributed by atoms with E-state index in [-0.39, 0.29) is 87.5 Å². The first-order chi connectivity index (χ1) is 23.0. The standard InChI is InChI=1S/C9H10F2O8S2.C7H10O4S.C7H8O3S.C3H4F2O2.2Na/c10-9(11,21(15,16)17)8(12)18-6-3-1-4-5(2-3)20(13,14)19-7(4)6;8-6-3-1-4-5(2-3)12(9,10)11-7(4)6;1-6-2-4-7(5-3-6)11(8,9)10;1-3(4,5)2(6)7;;/h3-7H,1-2H2,(H,15,16,17);3-8H,1-2H2;2-5H,1H3,(H,8,9,10);1H3,(H,6,7);;/q;;;;2*+1/p-1. The second-order valence-electron chi connectivity index (χ2n) is 12.8. The van der Waals surface area contributed by atoms with Gasteiger partial charge in [-0.3, -0.25) is 12.9 Å². The van der Waals surface area contributed by atoms with Crippen LogP contribution in [0.5, 0.6) is 0 Å². The summed E-state index contributed by atoms with van der Waals surface area (Å²) in [6, 6.07) is 5.99. The molecule has 1 aromatic rings. The first-order valence-corrected chi connectivity index (χ1v) is 20.5.